The fraction of sp³-hybridized carbons (Fsp3) is 0.600. The molecular formula is C15H21BrS. The smallest absolute Gasteiger partial charge is 0.0730 e. The predicted molar refractivity (Wildman–Crippen MR) is 80.8 cm³/mol. The van der Waals surface area contributed by atoms with Gasteiger partial charge in [0.25, 0.3) is 0 Å². The van der Waals surface area contributed by atoms with Gasteiger partial charge in [-0.25, -0.2) is 0 Å². The van der Waals surface area contributed by atoms with Gasteiger partial charge < -0.3 is 0 Å². The average Bonchev–Trinajstić information content (AvgIpc) is 2.90. The monoisotopic (exact) mass is 312 g/mol. The van der Waals surface area contributed by atoms with Crippen LogP contribution in [0, 0.1) is 12.8 Å². The van der Waals surface area contributed by atoms with Crippen LogP contribution >= 0.6 is 27.3 Å². The molecule has 1 fully saturated rings. The molecule has 1 heterocycles. The van der Waals surface area contributed by atoms with E-state index in [1.54, 1.807) is 0 Å². The Morgan fingerprint density at radius 3 is 2.82 bits per heavy atom. The van der Waals surface area contributed by atoms with Crippen molar-refractivity contribution in [3.8, 4) is 0 Å². The van der Waals surface area contributed by atoms with Gasteiger partial charge in [-0.05, 0) is 72.5 Å². The first-order chi connectivity index (χ1) is 8.25. The number of unbranched alkanes of at least 4 members (excludes halogenated alkanes) is 1. The molecule has 2 heteroatoms. The Bertz CT molecular complexity index is 353. The first-order valence-corrected chi connectivity index (χ1v) is 8.28. The van der Waals surface area contributed by atoms with Crippen molar-refractivity contribution in [3.63, 3.8) is 0 Å². The highest BCUT2D eigenvalue weighted by atomic mass is 79.9. The van der Waals surface area contributed by atoms with Gasteiger partial charge in [-0.1, -0.05) is 25.0 Å². The van der Waals surface area contributed by atoms with Crippen molar-refractivity contribution in [2.45, 2.75) is 51.9 Å². The Hall–Kier alpha value is -0.0800. The Labute approximate surface area is 117 Å². The topological polar surface area (TPSA) is 0 Å². The molecule has 1 saturated carbocycles. The van der Waals surface area contributed by atoms with Crippen LogP contribution in [0.25, 0.3) is 0 Å². The number of thiophene rings is 1. The van der Waals surface area contributed by atoms with Gasteiger partial charge in [-0.15, -0.1) is 11.3 Å². The van der Waals surface area contributed by atoms with E-state index >= 15 is 0 Å². The van der Waals surface area contributed by atoms with Crippen LogP contribution in [0.4, 0.5) is 0 Å². The summed E-state index contributed by atoms with van der Waals surface area (Å²) in [6, 6.07) is 2.31. The summed E-state index contributed by atoms with van der Waals surface area (Å²) in [6.07, 6.45) is 14.4. The number of rotatable bonds is 5. The highest BCUT2D eigenvalue weighted by Crippen LogP contribution is 2.28. The Morgan fingerprint density at radius 1 is 1.41 bits per heavy atom. The van der Waals surface area contributed by atoms with Gasteiger partial charge in [0, 0.05) is 4.88 Å². The van der Waals surface area contributed by atoms with Crippen molar-refractivity contribution < 1.29 is 0 Å². The van der Waals surface area contributed by atoms with Gasteiger partial charge in [0.1, 0.15) is 0 Å². The minimum absolute atomic E-state index is 0.896. The van der Waals surface area contributed by atoms with Crippen molar-refractivity contribution in [1.29, 1.82) is 0 Å². The molecule has 0 bridgehead atoms. The first-order valence-electron chi connectivity index (χ1n) is 6.67. The summed E-state index contributed by atoms with van der Waals surface area (Å²) < 4.78 is 1.30. The van der Waals surface area contributed by atoms with E-state index in [-0.39, 0.29) is 0 Å². The van der Waals surface area contributed by atoms with Gasteiger partial charge in [0.05, 0.1) is 3.79 Å². The van der Waals surface area contributed by atoms with Crippen molar-refractivity contribution in [2.24, 2.45) is 5.92 Å². The quantitative estimate of drug-likeness (QED) is 0.470. The molecule has 1 aromatic rings. The summed E-state index contributed by atoms with van der Waals surface area (Å²) in [5, 5.41) is 0. The molecule has 17 heavy (non-hydrogen) atoms. The third-order valence-electron chi connectivity index (χ3n) is 3.51. The van der Waals surface area contributed by atoms with Gasteiger partial charge in [0.2, 0.25) is 0 Å². The van der Waals surface area contributed by atoms with Crippen LogP contribution in [-0.2, 0) is 6.42 Å². The molecule has 0 radical (unpaired) electrons. The molecule has 0 N–H and O–H groups in total. The number of hydrogen-bond donors (Lipinski definition) is 0. The van der Waals surface area contributed by atoms with E-state index in [2.05, 4.69) is 41.1 Å². The maximum absolute atomic E-state index is 3.59. The lowest BCUT2D eigenvalue weighted by molar-refractivity contribution is 0.680. The van der Waals surface area contributed by atoms with Crippen LogP contribution in [0.3, 0.4) is 0 Å². The number of aryl methyl sites for hydroxylation is 2. The largest absolute Gasteiger partial charge is 0.133 e. The lowest BCUT2D eigenvalue weighted by Gasteiger charge is -1.99. The second-order valence-electron chi connectivity index (χ2n) is 5.03. The highest BCUT2D eigenvalue weighted by Gasteiger charge is 2.10. The Morgan fingerprint density at radius 2 is 2.18 bits per heavy atom. The molecular weight excluding hydrogens is 292 g/mol. The number of hydrogen-bond acceptors (Lipinski definition) is 1. The van der Waals surface area contributed by atoms with E-state index in [1.165, 1.54) is 59.2 Å². The van der Waals surface area contributed by atoms with Crippen LogP contribution in [0.15, 0.2) is 22.0 Å². The summed E-state index contributed by atoms with van der Waals surface area (Å²) >= 11 is 5.48. The molecule has 0 saturated heterocycles. The van der Waals surface area contributed by atoms with Crippen LogP contribution < -0.4 is 0 Å². The molecule has 1 aliphatic carbocycles. The molecule has 0 aromatic carbocycles. The SMILES string of the molecule is Cc1cc(CCC/C=C/C2CCCC2)sc1Br. The Balaban J connectivity index is 1.65. The van der Waals surface area contributed by atoms with E-state index < -0.39 is 0 Å². The summed E-state index contributed by atoms with van der Waals surface area (Å²) in [5.74, 6) is 0.896. The maximum Gasteiger partial charge on any atom is 0.0730 e. The summed E-state index contributed by atoms with van der Waals surface area (Å²) in [6.45, 7) is 2.17. The molecule has 0 spiro atoms. The van der Waals surface area contributed by atoms with E-state index in [0.29, 0.717) is 0 Å². The molecule has 1 aliphatic rings. The average molecular weight is 313 g/mol. The Kier molecular flexibility index (Phi) is 5.30. The molecule has 2 rings (SSSR count). The molecule has 0 atom stereocenters. The van der Waals surface area contributed by atoms with Gasteiger partial charge >= 0.3 is 0 Å². The number of halogens is 1. The van der Waals surface area contributed by atoms with E-state index in [1.807, 2.05) is 11.3 Å². The lowest BCUT2D eigenvalue weighted by Crippen LogP contribution is -1.85. The third kappa shape index (κ3) is 4.26. The predicted octanol–water partition coefficient (Wildman–Crippen LogP) is 5.89. The fourth-order valence-corrected chi connectivity index (χ4v) is 4.15. The zero-order valence-corrected chi connectivity index (χ0v) is 12.9. The zero-order chi connectivity index (χ0) is 12.1. The van der Waals surface area contributed by atoms with E-state index in [0.717, 1.165) is 5.92 Å². The molecule has 0 nitrogen and oxygen atoms in total. The molecule has 0 aliphatic heterocycles. The second-order valence-corrected chi connectivity index (χ2v) is 7.49. The normalized spacial score (nSPS) is 17.3. The molecule has 1 aromatic heterocycles. The van der Waals surface area contributed by atoms with Gasteiger partial charge in [0.15, 0.2) is 0 Å². The zero-order valence-electron chi connectivity index (χ0n) is 10.5. The second kappa shape index (κ2) is 6.75. The summed E-state index contributed by atoms with van der Waals surface area (Å²) in [4.78, 5) is 1.52. The van der Waals surface area contributed by atoms with Crippen LogP contribution in [0.1, 0.15) is 49.0 Å². The number of allylic oxidation sites excluding steroid dienone is 2. The van der Waals surface area contributed by atoms with Crippen LogP contribution in [0.5, 0.6) is 0 Å². The molecule has 0 unspecified atom stereocenters. The highest BCUT2D eigenvalue weighted by molar-refractivity contribution is 9.11. The van der Waals surface area contributed by atoms with E-state index in [9.17, 15) is 0 Å². The third-order valence-corrected chi connectivity index (χ3v) is 5.71. The minimum Gasteiger partial charge on any atom is -0.133 e. The minimum atomic E-state index is 0.896. The first kappa shape index (κ1) is 13.4. The van der Waals surface area contributed by atoms with Crippen molar-refractivity contribution in [3.05, 3.63) is 32.4 Å². The summed E-state index contributed by atoms with van der Waals surface area (Å²) in [5.41, 5.74) is 1.38. The van der Waals surface area contributed by atoms with Gasteiger partial charge in [-0.2, -0.15) is 0 Å². The molecule has 94 valence electrons. The fourth-order valence-electron chi connectivity index (χ4n) is 2.48. The van der Waals surface area contributed by atoms with Crippen LogP contribution in [0.2, 0.25) is 0 Å². The van der Waals surface area contributed by atoms with Crippen molar-refractivity contribution in [1.82, 2.24) is 0 Å². The van der Waals surface area contributed by atoms with Crippen LogP contribution in [-0.4, -0.2) is 0 Å². The van der Waals surface area contributed by atoms with Crippen molar-refractivity contribution in [2.75, 3.05) is 0 Å². The van der Waals surface area contributed by atoms with Crippen molar-refractivity contribution >= 4 is 27.3 Å². The maximum atomic E-state index is 3.59. The lowest BCUT2D eigenvalue weighted by atomic mass is 10.1. The van der Waals surface area contributed by atoms with E-state index in [4.69, 9.17) is 0 Å². The van der Waals surface area contributed by atoms with Gasteiger partial charge in [-0.3, -0.25) is 0 Å². The molecule has 0 amide bonds. The summed E-state index contributed by atoms with van der Waals surface area (Å²) in [7, 11) is 0. The standard InChI is InChI=1S/C15H21BrS/c1-12-11-14(17-15(12)16)10-4-2-3-7-13-8-5-6-9-13/h3,7,11,13H,2,4-6,8-10H2,1H3/b7-3+.